The van der Waals surface area contributed by atoms with E-state index in [-0.39, 0.29) is 5.91 Å². The number of para-hydroxylation sites is 2. The number of carbonyl (C=O) groups excluding carboxylic acids is 1. The Hall–Kier alpha value is -3.22. The molecule has 5 rings (SSSR count). The molecule has 2 aromatic carbocycles. The maximum absolute atomic E-state index is 13.6. The van der Waals surface area contributed by atoms with Gasteiger partial charge >= 0.3 is 0 Å². The van der Waals surface area contributed by atoms with Gasteiger partial charge in [-0.15, -0.1) is 0 Å². The molecule has 33 heavy (non-hydrogen) atoms. The second kappa shape index (κ2) is 8.96. The number of nitrogens with zero attached hydrogens (tertiary/aromatic N) is 2. The maximum Gasteiger partial charge on any atom is 0.254 e. The van der Waals surface area contributed by atoms with Crippen molar-refractivity contribution in [3.05, 3.63) is 48.0 Å². The SMILES string of the molecule is COc1cc(OC)cc(C(=O)N2CCCC3(C2)Nc2ccccc2NC3=NC2CCCC2)c1. The van der Waals surface area contributed by atoms with Crippen molar-refractivity contribution in [2.45, 2.75) is 50.1 Å². The molecule has 1 saturated carbocycles. The largest absolute Gasteiger partial charge is 0.497 e. The van der Waals surface area contributed by atoms with Crippen LogP contribution in [0.15, 0.2) is 47.5 Å². The van der Waals surface area contributed by atoms with Gasteiger partial charge in [-0.1, -0.05) is 25.0 Å². The van der Waals surface area contributed by atoms with Crippen molar-refractivity contribution in [1.29, 1.82) is 0 Å². The Morgan fingerprint density at radius 2 is 1.73 bits per heavy atom. The van der Waals surface area contributed by atoms with Crippen LogP contribution < -0.4 is 20.1 Å². The van der Waals surface area contributed by atoms with E-state index in [1.165, 1.54) is 12.8 Å². The van der Waals surface area contributed by atoms with Gasteiger partial charge in [-0.2, -0.15) is 0 Å². The molecule has 1 spiro atoms. The van der Waals surface area contributed by atoms with Gasteiger partial charge in [0.25, 0.3) is 5.91 Å². The van der Waals surface area contributed by atoms with Gasteiger partial charge in [-0.05, 0) is 49.9 Å². The minimum atomic E-state index is -0.423. The zero-order chi connectivity index (χ0) is 22.8. The second-order valence-electron chi connectivity index (χ2n) is 9.23. The summed E-state index contributed by atoms with van der Waals surface area (Å²) in [6.07, 6.45) is 6.56. The molecule has 7 nitrogen and oxygen atoms in total. The summed E-state index contributed by atoms with van der Waals surface area (Å²) < 4.78 is 10.8. The van der Waals surface area contributed by atoms with Crippen LogP contribution in [-0.4, -0.2) is 55.5 Å². The fraction of sp³-hybridized carbons (Fsp3) is 0.462. The highest BCUT2D eigenvalue weighted by Gasteiger charge is 2.45. The minimum Gasteiger partial charge on any atom is -0.497 e. The Morgan fingerprint density at radius 1 is 1.03 bits per heavy atom. The summed E-state index contributed by atoms with van der Waals surface area (Å²) in [6.45, 7) is 1.26. The van der Waals surface area contributed by atoms with Crippen LogP contribution in [0.2, 0.25) is 0 Å². The number of hydrogen-bond acceptors (Lipinski definition) is 5. The molecule has 2 N–H and O–H groups in total. The molecular formula is C26H32N4O3. The third kappa shape index (κ3) is 4.24. The number of fused-ring (bicyclic) bond motifs is 1. The topological polar surface area (TPSA) is 75.2 Å². The quantitative estimate of drug-likeness (QED) is 0.717. The second-order valence-corrected chi connectivity index (χ2v) is 9.23. The average Bonchev–Trinajstić information content (AvgIpc) is 3.37. The molecule has 2 aliphatic heterocycles. The number of amides is 1. The number of nitrogens with one attached hydrogen (secondary N) is 2. The Morgan fingerprint density at radius 3 is 2.42 bits per heavy atom. The van der Waals surface area contributed by atoms with Gasteiger partial charge in [0.2, 0.25) is 0 Å². The van der Waals surface area contributed by atoms with Crippen molar-refractivity contribution in [2.24, 2.45) is 4.99 Å². The van der Waals surface area contributed by atoms with Gasteiger partial charge in [-0.3, -0.25) is 9.79 Å². The van der Waals surface area contributed by atoms with E-state index in [2.05, 4.69) is 22.8 Å². The van der Waals surface area contributed by atoms with Crippen molar-refractivity contribution in [2.75, 3.05) is 37.9 Å². The van der Waals surface area contributed by atoms with Crippen molar-refractivity contribution in [3.63, 3.8) is 0 Å². The van der Waals surface area contributed by atoms with Crippen LogP contribution in [0.25, 0.3) is 0 Å². The van der Waals surface area contributed by atoms with E-state index < -0.39 is 5.54 Å². The highest BCUT2D eigenvalue weighted by Crippen LogP contribution is 2.37. The fourth-order valence-electron chi connectivity index (χ4n) is 5.27. The highest BCUT2D eigenvalue weighted by atomic mass is 16.5. The normalized spacial score (nSPS) is 23.7. The zero-order valence-corrected chi connectivity index (χ0v) is 19.4. The van der Waals surface area contributed by atoms with E-state index in [0.29, 0.717) is 36.2 Å². The molecule has 2 fully saturated rings. The van der Waals surface area contributed by atoms with Crippen molar-refractivity contribution >= 4 is 23.1 Å². The van der Waals surface area contributed by atoms with E-state index in [9.17, 15) is 4.79 Å². The molecule has 174 valence electrons. The summed E-state index contributed by atoms with van der Waals surface area (Å²) in [5.74, 6) is 2.17. The number of carbonyl (C=O) groups is 1. The lowest BCUT2D eigenvalue weighted by atomic mass is 9.84. The number of aliphatic imine (C=N–C) groups is 1. The number of methoxy groups -OCH3 is 2. The van der Waals surface area contributed by atoms with E-state index in [1.54, 1.807) is 32.4 Å². The summed E-state index contributed by atoms with van der Waals surface area (Å²) in [7, 11) is 3.19. The number of anilines is 2. The monoisotopic (exact) mass is 448 g/mol. The predicted molar refractivity (Wildman–Crippen MR) is 131 cm³/mol. The Kier molecular flexibility index (Phi) is 5.87. The molecule has 0 aromatic heterocycles. The smallest absolute Gasteiger partial charge is 0.254 e. The Labute approximate surface area is 195 Å². The molecule has 1 unspecified atom stereocenters. The molecule has 2 aromatic rings. The first-order valence-corrected chi connectivity index (χ1v) is 11.8. The van der Waals surface area contributed by atoms with Crippen LogP contribution in [0.5, 0.6) is 11.5 Å². The molecule has 1 aliphatic carbocycles. The van der Waals surface area contributed by atoms with Crippen LogP contribution >= 0.6 is 0 Å². The van der Waals surface area contributed by atoms with Gasteiger partial charge in [0.05, 0.1) is 38.2 Å². The number of amidine groups is 1. The molecule has 2 heterocycles. The third-order valence-electron chi connectivity index (χ3n) is 7.02. The number of ether oxygens (including phenoxy) is 2. The summed E-state index contributed by atoms with van der Waals surface area (Å²) in [5.41, 5.74) is 2.25. The number of hydrogen-bond donors (Lipinski definition) is 2. The van der Waals surface area contributed by atoms with Gasteiger partial charge in [0.1, 0.15) is 22.9 Å². The molecule has 3 aliphatic rings. The lowest BCUT2D eigenvalue weighted by Crippen LogP contribution is -2.62. The van der Waals surface area contributed by atoms with Gasteiger partial charge in [0.15, 0.2) is 0 Å². The Bertz CT molecular complexity index is 1040. The van der Waals surface area contributed by atoms with Gasteiger partial charge in [-0.25, -0.2) is 0 Å². The Balaban J connectivity index is 1.47. The summed E-state index contributed by atoms with van der Waals surface area (Å²) in [4.78, 5) is 20.7. The van der Waals surface area contributed by atoms with Crippen LogP contribution in [-0.2, 0) is 0 Å². The van der Waals surface area contributed by atoms with E-state index in [0.717, 1.165) is 42.9 Å². The maximum atomic E-state index is 13.6. The lowest BCUT2D eigenvalue weighted by molar-refractivity contribution is 0.0693. The molecule has 1 amide bonds. The number of piperidine rings is 1. The summed E-state index contributed by atoms with van der Waals surface area (Å²) in [6, 6.07) is 13.9. The van der Waals surface area contributed by atoms with E-state index in [1.807, 2.05) is 17.0 Å². The van der Waals surface area contributed by atoms with Crippen molar-refractivity contribution in [3.8, 4) is 11.5 Å². The molecule has 1 saturated heterocycles. The molecular weight excluding hydrogens is 416 g/mol. The van der Waals surface area contributed by atoms with E-state index in [4.69, 9.17) is 14.5 Å². The lowest BCUT2D eigenvalue weighted by Gasteiger charge is -2.47. The fourth-order valence-corrected chi connectivity index (χ4v) is 5.27. The predicted octanol–water partition coefficient (Wildman–Crippen LogP) is 4.56. The number of likely N-dealkylation sites (tertiary alicyclic amines) is 1. The number of rotatable bonds is 4. The molecule has 0 radical (unpaired) electrons. The minimum absolute atomic E-state index is 0.0212. The molecule has 1 atom stereocenters. The van der Waals surface area contributed by atoms with Crippen LogP contribution in [0.4, 0.5) is 11.4 Å². The van der Waals surface area contributed by atoms with Crippen LogP contribution in [0.1, 0.15) is 48.9 Å². The van der Waals surface area contributed by atoms with Crippen molar-refractivity contribution in [1.82, 2.24) is 4.90 Å². The highest BCUT2D eigenvalue weighted by molar-refractivity contribution is 6.10. The van der Waals surface area contributed by atoms with Crippen LogP contribution in [0.3, 0.4) is 0 Å². The molecule has 0 bridgehead atoms. The summed E-state index contributed by atoms with van der Waals surface area (Å²) in [5, 5.41) is 7.41. The van der Waals surface area contributed by atoms with Crippen molar-refractivity contribution < 1.29 is 14.3 Å². The van der Waals surface area contributed by atoms with Gasteiger partial charge in [0, 0.05) is 18.2 Å². The standard InChI is InChI=1S/C26H32N4O3/c1-32-20-14-18(15-21(16-20)33-2)24(31)30-13-7-12-26(17-30)25(27-19-8-3-4-9-19)28-22-10-5-6-11-23(22)29-26/h5-6,10-11,14-16,19,29H,3-4,7-9,12-13,17H2,1-2H3,(H,27,28). The first-order valence-electron chi connectivity index (χ1n) is 11.8. The first-order chi connectivity index (χ1) is 16.1. The molecule has 7 heteroatoms. The zero-order valence-electron chi connectivity index (χ0n) is 19.4. The number of benzene rings is 2. The average molecular weight is 449 g/mol. The van der Waals surface area contributed by atoms with Gasteiger partial charge < -0.3 is 25.0 Å². The first kappa shape index (κ1) is 21.6. The summed E-state index contributed by atoms with van der Waals surface area (Å²) >= 11 is 0. The van der Waals surface area contributed by atoms with Crippen LogP contribution in [0, 0.1) is 0 Å². The third-order valence-corrected chi connectivity index (χ3v) is 7.02. The van der Waals surface area contributed by atoms with E-state index >= 15 is 0 Å².